The van der Waals surface area contributed by atoms with Gasteiger partial charge in [-0.2, -0.15) is 0 Å². The van der Waals surface area contributed by atoms with Gasteiger partial charge in [-0.3, -0.25) is 0 Å². The molecule has 0 bridgehead atoms. The molecule has 1 aromatic carbocycles. The normalized spacial score (nSPS) is 11.0. The zero-order valence-electron chi connectivity index (χ0n) is 10.3. The fourth-order valence-corrected chi connectivity index (χ4v) is 2.33. The maximum absolute atomic E-state index is 11.2. The maximum Gasteiger partial charge on any atom is 0.358 e. The first kappa shape index (κ1) is 14.0. The second kappa shape index (κ2) is 5.30. The lowest BCUT2D eigenvalue weighted by atomic mass is 10.1. The van der Waals surface area contributed by atoms with Crippen molar-refractivity contribution in [3.05, 3.63) is 39.1 Å². The third-order valence-electron chi connectivity index (χ3n) is 2.59. The molecule has 19 heavy (non-hydrogen) atoms. The van der Waals surface area contributed by atoms with Crippen molar-refractivity contribution in [3.8, 4) is 5.69 Å². The third-order valence-corrected chi connectivity index (χ3v) is 3.40. The van der Waals surface area contributed by atoms with E-state index in [1.807, 2.05) is 13.8 Å². The number of benzene rings is 1. The number of rotatable bonds is 3. The van der Waals surface area contributed by atoms with Crippen LogP contribution >= 0.6 is 27.5 Å². The summed E-state index contributed by atoms with van der Waals surface area (Å²) in [5.41, 5.74) is 1.07. The van der Waals surface area contributed by atoms with Crippen LogP contribution in [-0.4, -0.2) is 26.1 Å². The zero-order chi connectivity index (χ0) is 14.2. The summed E-state index contributed by atoms with van der Waals surface area (Å²) in [5.74, 6) is -1.14. The Morgan fingerprint density at radius 3 is 2.74 bits per heavy atom. The summed E-state index contributed by atoms with van der Waals surface area (Å²) in [4.78, 5) is 11.2. The van der Waals surface area contributed by atoms with Crippen LogP contribution in [0.25, 0.3) is 5.69 Å². The molecule has 0 aliphatic carbocycles. The second-order valence-corrected chi connectivity index (χ2v) is 5.61. The number of aromatic nitrogens is 3. The minimum absolute atomic E-state index is 0.0452. The first-order valence-corrected chi connectivity index (χ1v) is 6.73. The van der Waals surface area contributed by atoms with Crippen molar-refractivity contribution in [2.45, 2.75) is 19.8 Å². The van der Waals surface area contributed by atoms with Gasteiger partial charge < -0.3 is 5.11 Å². The highest BCUT2D eigenvalue weighted by atomic mass is 79.9. The third kappa shape index (κ3) is 2.64. The number of aromatic carboxylic acids is 1. The van der Waals surface area contributed by atoms with E-state index in [9.17, 15) is 4.79 Å². The van der Waals surface area contributed by atoms with Crippen molar-refractivity contribution < 1.29 is 9.90 Å². The minimum atomic E-state index is -1.10. The number of hydrogen-bond donors (Lipinski definition) is 1. The first-order valence-electron chi connectivity index (χ1n) is 5.56. The van der Waals surface area contributed by atoms with Gasteiger partial charge in [0.15, 0.2) is 5.69 Å². The van der Waals surface area contributed by atoms with Crippen molar-refractivity contribution in [1.29, 1.82) is 0 Å². The summed E-state index contributed by atoms with van der Waals surface area (Å²) >= 11 is 9.49. The van der Waals surface area contributed by atoms with E-state index >= 15 is 0 Å². The molecule has 0 atom stereocenters. The van der Waals surface area contributed by atoms with Gasteiger partial charge in [0.05, 0.1) is 16.4 Å². The fourth-order valence-electron chi connectivity index (χ4n) is 1.79. The van der Waals surface area contributed by atoms with Gasteiger partial charge in [0.2, 0.25) is 0 Å². The van der Waals surface area contributed by atoms with Gasteiger partial charge in [-0.1, -0.05) is 46.6 Å². The summed E-state index contributed by atoms with van der Waals surface area (Å²) in [6.45, 7) is 3.76. The van der Waals surface area contributed by atoms with Crippen molar-refractivity contribution in [2.24, 2.45) is 0 Å². The Labute approximate surface area is 123 Å². The van der Waals surface area contributed by atoms with E-state index in [1.54, 1.807) is 18.2 Å². The van der Waals surface area contributed by atoms with E-state index < -0.39 is 5.97 Å². The van der Waals surface area contributed by atoms with Crippen molar-refractivity contribution in [2.75, 3.05) is 0 Å². The molecule has 5 nitrogen and oxygen atoms in total. The standard InChI is InChI=1S/C12H11BrClN3O2/c1-6(2)11-10(12(18)19)15-16-17(11)9-5-7(13)3-4-8(9)14/h3-6H,1-2H3,(H,18,19). The van der Waals surface area contributed by atoms with Crippen LogP contribution in [0.15, 0.2) is 22.7 Å². The van der Waals surface area contributed by atoms with Crippen LogP contribution in [-0.2, 0) is 0 Å². The number of nitrogens with zero attached hydrogens (tertiary/aromatic N) is 3. The Morgan fingerprint density at radius 1 is 1.47 bits per heavy atom. The Balaban J connectivity index is 2.69. The van der Waals surface area contributed by atoms with Crippen LogP contribution in [0.1, 0.15) is 35.9 Å². The molecule has 0 aliphatic heterocycles. The van der Waals surface area contributed by atoms with E-state index in [1.165, 1.54) is 4.68 Å². The summed E-state index contributed by atoms with van der Waals surface area (Å²) in [6.07, 6.45) is 0. The van der Waals surface area contributed by atoms with Crippen LogP contribution in [0.5, 0.6) is 0 Å². The SMILES string of the molecule is CC(C)c1c(C(=O)O)nnn1-c1cc(Br)ccc1Cl. The number of hydrogen-bond acceptors (Lipinski definition) is 3. The molecule has 1 aromatic heterocycles. The fraction of sp³-hybridized carbons (Fsp3) is 0.250. The molecule has 100 valence electrons. The molecule has 0 aliphatic rings. The van der Waals surface area contributed by atoms with Crippen LogP contribution < -0.4 is 0 Å². The minimum Gasteiger partial charge on any atom is -0.476 e. The summed E-state index contributed by atoms with van der Waals surface area (Å²) in [6, 6.07) is 5.29. The Morgan fingerprint density at radius 2 is 2.16 bits per heavy atom. The van der Waals surface area contributed by atoms with Gasteiger partial charge in [0.1, 0.15) is 0 Å². The van der Waals surface area contributed by atoms with Gasteiger partial charge in [0, 0.05) is 4.47 Å². The predicted molar refractivity (Wildman–Crippen MR) is 75.1 cm³/mol. The van der Waals surface area contributed by atoms with Crippen LogP contribution in [0.2, 0.25) is 5.02 Å². The van der Waals surface area contributed by atoms with E-state index in [-0.39, 0.29) is 11.6 Å². The lowest BCUT2D eigenvalue weighted by Crippen LogP contribution is -2.08. The molecule has 0 radical (unpaired) electrons. The van der Waals surface area contributed by atoms with E-state index in [2.05, 4.69) is 26.2 Å². The van der Waals surface area contributed by atoms with Crippen molar-refractivity contribution in [1.82, 2.24) is 15.0 Å². The Bertz CT molecular complexity index is 640. The number of carbonyl (C=O) groups is 1. The van der Waals surface area contributed by atoms with Crippen LogP contribution in [0.3, 0.4) is 0 Å². The molecule has 0 saturated heterocycles. The van der Waals surface area contributed by atoms with Crippen molar-refractivity contribution in [3.63, 3.8) is 0 Å². The predicted octanol–water partition coefficient (Wildman–Crippen LogP) is 3.50. The molecule has 0 spiro atoms. The molecule has 1 heterocycles. The molecule has 2 rings (SSSR count). The van der Waals surface area contributed by atoms with Crippen LogP contribution in [0, 0.1) is 0 Å². The highest BCUT2D eigenvalue weighted by Gasteiger charge is 2.23. The highest BCUT2D eigenvalue weighted by Crippen LogP contribution is 2.28. The Hall–Kier alpha value is -1.40. The highest BCUT2D eigenvalue weighted by molar-refractivity contribution is 9.10. The molecule has 0 saturated carbocycles. The molecular weight excluding hydrogens is 334 g/mol. The topological polar surface area (TPSA) is 68.0 Å². The van der Waals surface area contributed by atoms with Gasteiger partial charge in [0.25, 0.3) is 0 Å². The molecule has 0 unspecified atom stereocenters. The van der Waals surface area contributed by atoms with E-state index in [4.69, 9.17) is 16.7 Å². The second-order valence-electron chi connectivity index (χ2n) is 4.29. The van der Waals surface area contributed by atoms with Crippen molar-refractivity contribution >= 4 is 33.5 Å². The van der Waals surface area contributed by atoms with Crippen LogP contribution in [0.4, 0.5) is 0 Å². The van der Waals surface area contributed by atoms with E-state index in [0.29, 0.717) is 16.4 Å². The largest absolute Gasteiger partial charge is 0.476 e. The molecule has 0 fully saturated rings. The maximum atomic E-state index is 11.2. The first-order chi connectivity index (χ1) is 8.91. The average molecular weight is 345 g/mol. The summed E-state index contributed by atoms with van der Waals surface area (Å²) in [5, 5.41) is 17.3. The lowest BCUT2D eigenvalue weighted by Gasteiger charge is -2.11. The van der Waals surface area contributed by atoms with Gasteiger partial charge in [-0.05, 0) is 24.1 Å². The van der Waals surface area contributed by atoms with Gasteiger partial charge >= 0.3 is 5.97 Å². The van der Waals surface area contributed by atoms with E-state index in [0.717, 1.165) is 4.47 Å². The summed E-state index contributed by atoms with van der Waals surface area (Å²) in [7, 11) is 0. The molecular formula is C12H11BrClN3O2. The molecule has 7 heteroatoms. The molecule has 0 amide bonds. The number of carboxylic acid groups (broad SMARTS) is 1. The lowest BCUT2D eigenvalue weighted by molar-refractivity contribution is 0.0688. The number of carboxylic acids is 1. The zero-order valence-corrected chi connectivity index (χ0v) is 12.6. The Kier molecular flexibility index (Phi) is 3.91. The summed E-state index contributed by atoms with van der Waals surface area (Å²) < 4.78 is 2.30. The molecule has 2 aromatic rings. The number of halogens is 2. The molecule has 1 N–H and O–H groups in total. The monoisotopic (exact) mass is 343 g/mol. The quantitative estimate of drug-likeness (QED) is 0.925. The smallest absolute Gasteiger partial charge is 0.358 e. The van der Waals surface area contributed by atoms with Gasteiger partial charge in [-0.25, -0.2) is 9.48 Å². The average Bonchev–Trinajstić information content (AvgIpc) is 2.76. The van der Waals surface area contributed by atoms with Gasteiger partial charge in [-0.15, -0.1) is 5.10 Å².